The van der Waals surface area contributed by atoms with Gasteiger partial charge >= 0.3 is 6.36 Å². The first-order valence-electron chi connectivity index (χ1n) is 10.6. The molecule has 0 aliphatic heterocycles. The maximum absolute atomic E-state index is 12.3. The molecular weight excluding hydrogens is 387 g/mol. The van der Waals surface area contributed by atoms with Gasteiger partial charge in [-0.3, -0.25) is 0 Å². The second-order valence-corrected chi connectivity index (χ2v) is 8.46. The summed E-state index contributed by atoms with van der Waals surface area (Å²) < 4.78 is 65.2. The van der Waals surface area contributed by atoms with Gasteiger partial charge in [0.15, 0.2) is 0 Å². The van der Waals surface area contributed by atoms with E-state index in [1.165, 1.54) is 25.0 Å². The van der Waals surface area contributed by atoms with E-state index in [0.29, 0.717) is 17.8 Å². The van der Waals surface area contributed by atoms with Crippen molar-refractivity contribution in [3.05, 3.63) is 42.0 Å². The van der Waals surface area contributed by atoms with Crippen molar-refractivity contribution in [2.45, 2.75) is 76.5 Å². The predicted molar refractivity (Wildman–Crippen MR) is 103 cm³/mol. The first-order valence-corrected chi connectivity index (χ1v) is 10.6. The molecule has 0 spiro atoms. The van der Waals surface area contributed by atoms with Crippen LogP contribution in [-0.2, 0) is 0 Å². The molecule has 0 saturated heterocycles. The van der Waals surface area contributed by atoms with Crippen molar-refractivity contribution in [2.24, 2.45) is 17.8 Å². The summed E-state index contributed by atoms with van der Waals surface area (Å²) in [4.78, 5) is 0. The second-order valence-electron chi connectivity index (χ2n) is 8.46. The van der Waals surface area contributed by atoms with Crippen molar-refractivity contribution in [1.29, 1.82) is 0 Å². The number of allylic oxidation sites excluding steroid dienone is 2. The minimum absolute atomic E-state index is 0.146. The fourth-order valence-electron chi connectivity index (χ4n) is 5.05. The number of hydrogen-bond donors (Lipinski definition) is 0. The van der Waals surface area contributed by atoms with Crippen LogP contribution in [0.3, 0.4) is 0 Å². The van der Waals surface area contributed by atoms with E-state index in [2.05, 4.69) is 4.74 Å². The molecule has 0 radical (unpaired) electrons. The van der Waals surface area contributed by atoms with E-state index in [9.17, 15) is 22.0 Å². The summed E-state index contributed by atoms with van der Waals surface area (Å²) in [6.45, 7) is 0. The number of ether oxygens (including phenoxy) is 1. The highest BCUT2D eigenvalue weighted by molar-refractivity contribution is 5.29. The van der Waals surface area contributed by atoms with Crippen LogP contribution >= 0.6 is 0 Å². The van der Waals surface area contributed by atoms with Gasteiger partial charge in [-0.1, -0.05) is 24.3 Å². The van der Waals surface area contributed by atoms with Gasteiger partial charge in [-0.15, -0.1) is 13.2 Å². The highest BCUT2D eigenvalue weighted by Gasteiger charge is 2.32. The maximum Gasteiger partial charge on any atom is 0.573 e. The monoisotopic (exact) mass is 416 g/mol. The van der Waals surface area contributed by atoms with Crippen molar-refractivity contribution < 1.29 is 26.7 Å². The van der Waals surface area contributed by atoms with Gasteiger partial charge in [0, 0.05) is 6.42 Å². The quantitative estimate of drug-likeness (QED) is 0.339. The van der Waals surface area contributed by atoms with Crippen molar-refractivity contribution >= 4 is 0 Å². The van der Waals surface area contributed by atoms with Gasteiger partial charge in [-0.25, -0.2) is 8.78 Å². The highest BCUT2D eigenvalue weighted by Crippen LogP contribution is 2.44. The van der Waals surface area contributed by atoms with Crippen LogP contribution in [0.4, 0.5) is 22.0 Å². The molecule has 3 rings (SSSR count). The predicted octanol–water partition coefficient (Wildman–Crippen LogP) is 7.88. The van der Waals surface area contributed by atoms with Gasteiger partial charge in [0.1, 0.15) is 5.75 Å². The van der Waals surface area contributed by atoms with Crippen LogP contribution < -0.4 is 4.74 Å². The molecule has 2 fully saturated rings. The second kappa shape index (κ2) is 9.94. The Hall–Kier alpha value is -1.59. The average Bonchev–Trinajstić information content (AvgIpc) is 2.68. The first-order chi connectivity index (χ1) is 13.8. The van der Waals surface area contributed by atoms with Crippen LogP contribution in [-0.4, -0.2) is 12.8 Å². The average molecular weight is 416 g/mol. The molecule has 0 unspecified atom stereocenters. The molecule has 0 atom stereocenters. The zero-order valence-electron chi connectivity index (χ0n) is 16.5. The number of alkyl halides is 5. The topological polar surface area (TPSA) is 9.23 Å². The molecule has 0 aromatic heterocycles. The smallest absolute Gasteiger partial charge is 0.406 e. The summed E-state index contributed by atoms with van der Waals surface area (Å²) in [5, 5.41) is 0. The Balaban J connectivity index is 1.42. The lowest BCUT2D eigenvalue weighted by atomic mass is 9.68. The van der Waals surface area contributed by atoms with E-state index in [4.69, 9.17) is 0 Å². The summed E-state index contributed by atoms with van der Waals surface area (Å²) in [5.41, 5.74) is 1.09. The Morgan fingerprint density at radius 2 is 1.41 bits per heavy atom. The molecule has 0 heterocycles. The SMILES string of the molecule is FC(F)CC=C[C@H]1CC[C@H]([C@H]2CC[C@H](c3ccc(OC(F)(F)F)cc3)CC2)CC1. The van der Waals surface area contributed by atoms with E-state index in [1.54, 1.807) is 18.2 Å². The van der Waals surface area contributed by atoms with E-state index in [-0.39, 0.29) is 12.2 Å². The Morgan fingerprint density at radius 3 is 1.93 bits per heavy atom. The van der Waals surface area contributed by atoms with Crippen molar-refractivity contribution in [3.8, 4) is 5.75 Å². The summed E-state index contributed by atoms with van der Waals surface area (Å²) in [6.07, 6.45) is 5.51. The van der Waals surface area contributed by atoms with Gasteiger partial charge in [-0.05, 0) is 92.7 Å². The van der Waals surface area contributed by atoms with Crippen LogP contribution in [0.2, 0.25) is 0 Å². The van der Waals surface area contributed by atoms with Crippen LogP contribution in [0.15, 0.2) is 36.4 Å². The normalized spacial score (nSPS) is 28.8. The molecule has 0 amide bonds. The molecule has 2 aliphatic carbocycles. The molecule has 29 heavy (non-hydrogen) atoms. The zero-order chi connectivity index (χ0) is 20.9. The molecule has 6 heteroatoms. The highest BCUT2D eigenvalue weighted by atomic mass is 19.4. The molecule has 1 nitrogen and oxygen atoms in total. The third kappa shape index (κ3) is 7.00. The summed E-state index contributed by atoms with van der Waals surface area (Å²) in [6, 6.07) is 6.31. The van der Waals surface area contributed by atoms with Gasteiger partial charge in [0.25, 0.3) is 0 Å². The maximum atomic E-state index is 12.3. The lowest BCUT2D eigenvalue weighted by Crippen LogP contribution is -2.25. The van der Waals surface area contributed by atoms with Gasteiger partial charge in [0.2, 0.25) is 6.43 Å². The number of halogens is 5. The Morgan fingerprint density at radius 1 is 0.862 bits per heavy atom. The fraction of sp³-hybridized carbons (Fsp3) is 0.652. The van der Waals surface area contributed by atoms with Crippen molar-refractivity contribution in [2.75, 3.05) is 0 Å². The van der Waals surface area contributed by atoms with Gasteiger partial charge in [0.05, 0.1) is 0 Å². The molecule has 162 valence electrons. The van der Waals surface area contributed by atoms with Crippen molar-refractivity contribution in [3.63, 3.8) is 0 Å². The Labute approximate surface area is 169 Å². The minimum atomic E-state index is -4.66. The zero-order valence-corrected chi connectivity index (χ0v) is 16.5. The third-order valence-electron chi connectivity index (χ3n) is 6.56. The van der Waals surface area contributed by atoms with Crippen LogP contribution in [0.25, 0.3) is 0 Å². The number of benzene rings is 1. The molecular formula is C23H29F5O. The summed E-state index contributed by atoms with van der Waals surface area (Å²) in [7, 11) is 0. The molecule has 0 bridgehead atoms. The summed E-state index contributed by atoms with van der Waals surface area (Å²) in [5.74, 6) is 2.11. The molecule has 0 N–H and O–H groups in total. The van der Waals surface area contributed by atoms with Gasteiger partial charge < -0.3 is 4.74 Å². The van der Waals surface area contributed by atoms with Gasteiger partial charge in [-0.2, -0.15) is 0 Å². The Kier molecular flexibility index (Phi) is 7.58. The van der Waals surface area contributed by atoms with E-state index < -0.39 is 12.8 Å². The standard InChI is InChI=1S/C23H29F5O/c24-22(25)3-1-2-16-4-6-17(7-5-16)18-8-10-19(11-9-18)20-12-14-21(15-13-20)29-23(26,27)28/h1-2,12-19,22H,3-11H2/t16-,17-,18-,19-. The van der Waals surface area contributed by atoms with E-state index >= 15 is 0 Å². The van der Waals surface area contributed by atoms with Crippen LogP contribution in [0, 0.1) is 17.8 Å². The number of hydrogen-bond acceptors (Lipinski definition) is 1. The minimum Gasteiger partial charge on any atom is -0.406 e. The van der Waals surface area contributed by atoms with Crippen molar-refractivity contribution in [1.82, 2.24) is 0 Å². The number of rotatable bonds is 6. The third-order valence-corrected chi connectivity index (χ3v) is 6.56. The van der Waals surface area contributed by atoms with Crippen LogP contribution in [0.5, 0.6) is 5.75 Å². The summed E-state index contributed by atoms with van der Waals surface area (Å²) >= 11 is 0. The molecule has 1 aromatic carbocycles. The molecule has 2 aliphatic rings. The fourth-order valence-corrected chi connectivity index (χ4v) is 5.05. The lowest BCUT2D eigenvalue weighted by molar-refractivity contribution is -0.274. The molecule has 1 aromatic rings. The lowest BCUT2D eigenvalue weighted by Gasteiger charge is -2.37. The van der Waals surface area contributed by atoms with E-state index in [0.717, 1.165) is 50.0 Å². The Bertz CT molecular complexity index is 636. The van der Waals surface area contributed by atoms with E-state index in [1.807, 2.05) is 6.08 Å². The largest absolute Gasteiger partial charge is 0.573 e. The molecule has 2 saturated carbocycles. The van der Waals surface area contributed by atoms with Crippen LogP contribution in [0.1, 0.15) is 69.3 Å². The first kappa shape index (κ1) is 22.1.